The molecule has 0 saturated carbocycles. The molecule has 1 saturated heterocycles. The Morgan fingerprint density at radius 2 is 2.11 bits per heavy atom. The van der Waals surface area contributed by atoms with Gasteiger partial charge in [0.2, 0.25) is 0 Å². The Morgan fingerprint density at radius 3 is 2.68 bits per heavy atom. The lowest BCUT2D eigenvalue weighted by atomic mass is 9.96. The molecule has 3 heteroatoms. The van der Waals surface area contributed by atoms with Crippen molar-refractivity contribution in [3.63, 3.8) is 0 Å². The molecule has 1 heterocycles. The standard InChI is InChI=1S/C16H26N2O/c1-3-19-15-8-6-14(7-9-15)16(11-17)18-10-4-5-13(2)12-18/h6-9,13,16H,3-5,10-12,17H2,1-2H3/t13-,16+/m1/s1. The maximum atomic E-state index is 6.00. The molecular weight excluding hydrogens is 236 g/mol. The van der Waals surface area contributed by atoms with Crippen LogP contribution in [0.1, 0.15) is 38.3 Å². The van der Waals surface area contributed by atoms with Crippen LogP contribution in [-0.4, -0.2) is 31.1 Å². The molecule has 0 radical (unpaired) electrons. The van der Waals surface area contributed by atoms with E-state index in [1.165, 1.54) is 24.9 Å². The maximum Gasteiger partial charge on any atom is 0.119 e. The summed E-state index contributed by atoms with van der Waals surface area (Å²) in [6, 6.07) is 8.76. The molecule has 1 fully saturated rings. The van der Waals surface area contributed by atoms with E-state index < -0.39 is 0 Å². The van der Waals surface area contributed by atoms with E-state index >= 15 is 0 Å². The van der Waals surface area contributed by atoms with Crippen molar-refractivity contribution in [2.45, 2.75) is 32.7 Å². The van der Waals surface area contributed by atoms with Crippen molar-refractivity contribution < 1.29 is 4.74 Å². The van der Waals surface area contributed by atoms with Crippen LogP contribution in [-0.2, 0) is 0 Å². The van der Waals surface area contributed by atoms with E-state index in [9.17, 15) is 0 Å². The second-order valence-electron chi connectivity index (χ2n) is 5.50. The molecule has 1 aromatic rings. The summed E-state index contributed by atoms with van der Waals surface area (Å²) in [4.78, 5) is 2.53. The number of rotatable bonds is 5. The van der Waals surface area contributed by atoms with E-state index in [1.54, 1.807) is 0 Å². The fraction of sp³-hybridized carbons (Fsp3) is 0.625. The minimum atomic E-state index is 0.346. The van der Waals surface area contributed by atoms with Crippen LogP contribution in [0.2, 0.25) is 0 Å². The summed E-state index contributed by atoms with van der Waals surface area (Å²) < 4.78 is 5.49. The van der Waals surface area contributed by atoms with Crippen molar-refractivity contribution in [2.24, 2.45) is 11.7 Å². The highest BCUT2D eigenvalue weighted by molar-refractivity contribution is 5.29. The molecule has 0 aliphatic carbocycles. The van der Waals surface area contributed by atoms with Gasteiger partial charge in [-0.1, -0.05) is 19.1 Å². The van der Waals surface area contributed by atoms with Gasteiger partial charge in [-0.15, -0.1) is 0 Å². The summed E-state index contributed by atoms with van der Waals surface area (Å²) in [6.45, 7) is 8.06. The summed E-state index contributed by atoms with van der Waals surface area (Å²) in [7, 11) is 0. The number of piperidine rings is 1. The smallest absolute Gasteiger partial charge is 0.119 e. The number of hydrogen-bond donors (Lipinski definition) is 1. The molecule has 1 aliphatic rings. The number of nitrogens with zero attached hydrogens (tertiary/aromatic N) is 1. The zero-order valence-electron chi connectivity index (χ0n) is 12.1. The summed E-state index contributed by atoms with van der Waals surface area (Å²) in [5, 5.41) is 0. The summed E-state index contributed by atoms with van der Waals surface area (Å²) in [5.74, 6) is 1.72. The molecule has 1 aliphatic heterocycles. The third-order valence-electron chi connectivity index (χ3n) is 3.93. The molecule has 0 unspecified atom stereocenters. The number of nitrogens with two attached hydrogens (primary N) is 1. The predicted octanol–water partition coefficient (Wildman–Crippen LogP) is 2.82. The van der Waals surface area contributed by atoms with E-state index in [2.05, 4.69) is 36.1 Å². The summed E-state index contributed by atoms with van der Waals surface area (Å²) >= 11 is 0. The van der Waals surface area contributed by atoms with Gasteiger partial charge >= 0.3 is 0 Å². The lowest BCUT2D eigenvalue weighted by Crippen LogP contribution is -2.40. The van der Waals surface area contributed by atoms with Gasteiger partial charge < -0.3 is 10.5 Å². The van der Waals surface area contributed by atoms with Crippen LogP contribution in [0.15, 0.2) is 24.3 Å². The van der Waals surface area contributed by atoms with Crippen molar-refractivity contribution in [1.82, 2.24) is 4.90 Å². The van der Waals surface area contributed by atoms with E-state index in [1.807, 2.05) is 6.92 Å². The molecule has 0 bridgehead atoms. The Hall–Kier alpha value is -1.06. The lowest BCUT2D eigenvalue weighted by Gasteiger charge is -2.37. The summed E-state index contributed by atoms with van der Waals surface area (Å²) in [5.41, 5.74) is 7.31. The molecule has 0 spiro atoms. The zero-order valence-corrected chi connectivity index (χ0v) is 12.1. The molecule has 0 aromatic heterocycles. The average Bonchev–Trinajstić information content (AvgIpc) is 2.42. The topological polar surface area (TPSA) is 38.5 Å². The van der Waals surface area contributed by atoms with Crippen molar-refractivity contribution in [1.29, 1.82) is 0 Å². The van der Waals surface area contributed by atoms with Gasteiger partial charge in [0, 0.05) is 19.1 Å². The highest BCUT2D eigenvalue weighted by atomic mass is 16.5. The first-order valence-corrected chi connectivity index (χ1v) is 7.41. The molecule has 2 N–H and O–H groups in total. The molecule has 2 rings (SSSR count). The van der Waals surface area contributed by atoms with Crippen LogP contribution in [0, 0.1) is 5.92 Å². The van der Waals surface area contributed by atoms with Crippen LogP contribution in [0.5, 0.6) is 5.75 Å². The molecule has 106 valence electrons. The van der Waals surface area contributed by atoms with Crippen molar-refractivity contribution in [3.05, 3.63) is 29.8 Å². The molecule has 3 nitrogen and oxygen atoms in total. The zero-order chi connectivity index (χ0) is 13.7. The van der Waals surface area contributed by atoms with Crippen molar-refractivity contribution in [2.75, 3.05) is 26.2 Å². The monoisotopic (exact) mass is 262 g/mol. The molecule has 2 atom stereocenters. The van der Waals surface area contributed by atoms with Crippen LogP contribution in [0.25, 0.3) is 0 Å². The fourth-order valence-corrected chi connectivity index (χ4v) is 2.96. The third kappa shape index (κ3) is 3.71. The Balaban J connectivity index is 2.07. The number of likely N-dealkylation sites (tertiary alicyclic amines) is 1. The molecular formula is C16H26N2O. The fourth-order valence-electron chi connectivity index (χ4n) is 2.96. The van der Waals surface area contributed by atoms with Gasteiger partial charge in [0.25, 0.3) is 0 Å². The van der Waals surface area contributed by atoms with Gasteiger partial charge in [0.05, 0.1) is 6.61 Å². The normalized spacial score (nSPS) is 22.2. The first-order chi connectivity index (χ1) is 9.24. The Morgan fingerprint density at radius 1 is 1.37 bits per heavy atom. The second-order valence-corrected chi connectivity index (χ2v) is 5.50. The molecule has 19 heavy (non-hydrogen) atoms. The average molecular weight is 262 g/mol. The van der Waals surface area contributed by atoms with Gasteiger partial charge in [-0.25, -0.2) is 0 Å². The van der Waals surface area contributed by atoms with Gasteiger partial charge in [-0.3, -0.25) is 4.90 Å². The van der Waals surface area contributed by atoms with E-state index in [-0.39, 0.29) is 0 Å². The van der Waals surface area contributed by atoms with Crippen LogP contribution in [0.4, 0.5) is 0 Å². The van der Waals surface area contributed by atoms with Crippen LogP contribution < -0.4 is 10.5 Å². The first-order valence-electron chi connectivity index (χ1n) is 7.41. The number of benzene rings is 1. The Bertz CT molecular complexity index is 377. The largest absolute Gasteiger partial charge is 0.494 e. The van der Waals surface area contributed by atoms with Gasteiger partial charge in [0.1, 0.15) is 5.75 Å². The van der Waals surface area contributed by atoms with Gasteiger partial charge in [0.15, 0.2) is 0 Å². The minimum Gasteiger partial charge on any atom is -0.494 e. The molecule has 0 amide bonds. The second kappa shape index (κ2) is 6.92. The first kappa shape index (κ1) is 14.4. The predicted molar refractivity (Wildman–Crippen MR) is 79.4 cm³/mol. The third-order valence-corrected chi connectivity index (χ3v) is 3.93. The highest BCUT2D eigenvalue weighted by Gasteiger charge is 2.24. The van der Waals surface area contributed by atoms with Crippen LogP contribution >= 0.6 is 0 Å². The van der Waals surface area contributed by atoms with Gasteiger partial charge in [-0.2, -0.15) is 0 Å². The number of ether oxygens (including phenoxy) is 1. The maximum absolute atomic E-state index is 6.00. The van der Waals surface area contributed by atoms with E-state index in [0.29, 0.717) is 19.2 Å². The van der Waals surface area contributed by atoms with E-state index in [0.717, 1.165) is 18.2 Å². The Kier molecular flexibility index (Phi) is 5.23. The van der Waals surface area contributed by atoms with Gasteiger partial charge in [-0.05, 0) is 49.9 Å². The van der Waals surface area contributed by atoms with Crippen molar-refractivity contribution in [3.8, 4) is 5.75 Å². The minimum absolute atomic E-state index is 0.346. The SMILES string of the molecule is CCOc1ccc([C@H](CN)N2CCC[C@@H](C)C2)cc1. The van der Waals surface area contributed by atoms with E-state index in [4.69, 9.17) is 10.5 Å². The lowest BCUT2D eigenvalue weighted by molar-refractivity contribution is 0.133. The van der Waals surface area contributed by atoms with Crippen molar-refractivity contribution >= 4 is 0 Å². The number of hydrogen-bond acceptors (Lipinski definition) is 3. The molecule has 1 aromatic carbocycles. The summed E-state index contributed by atoms with van der Waals surface area (Å²) in [6.07, 6.45) is 2.63. The highest BCUT2D eigenvalue weighted by Crippen LogP contribution is 2.27. The van der Waals surface area contributed by atoms with Crippen LogP contribution in [0.3, 0.4) is 0 Å². The Labute approximate surface area is 116 Å². The quantitative estimate of drug-likeness (QED) is 0.887.